The van der Waals surface area contributed by atoms with Gasteiger partial charge in [0.05, 0.1) is 0 Å². The minimum atomic E-state index is -0.533. The van der Waals surface area contributed by atoms with Gasteiger partial charge in [-0.1, -0.05) is 30.3 Å². The molecular formula is C19H22N6O2S. The smallest absolute Gasteiger partial charge is 0.248 e. The van der Waals surface area contributed by atoms with Gasteiger partial charge in [-0.2, -0.15) is 9.36 Å². The Morgan fingerprint density at radius 1 is 1.32 bits per heavy atom. The van der Waals surface area contributed by atoms with E-state index in [1.165, 1.54) is 17.1 Å². The van der Waals surface area contributed by atoms with Crippen molar-refractivity contribution in [3.05, 3.63) is 66.6 Å². The van der Waals surface area contributed by atoms with Gasteiger partial charge in [0, 0.05) is 49.0 Å². The number of imidazole rings is 1. The van der Waals surface area contributed by atoms with E-state index in [1.54, 1.807) is 23.4 Å². The Hall–Kier alpha value is -2.91. The Balaban J connectivity index is 1.56. The van der Waals surface area contributed by atoms with Crippen LogP contribution in [-0.2, 0) is 16.0 Å². The van der Waals surface area contributed by atoms with E-state index in [0.717, 1.165) is 10.9 Å². The number of ether oxygens (including phenoxy) is 2. The summed E-state index contributed by atoms with van der Waals surface area (Å²) in [5, 5.41) is 0.807. The maximum atomic E-state index is 6.61. The molecule has 2 N–H and O–H groups in total. The molecule has 3 heterocycles. The lowest BCUT2D eigenvalue weighted by Gasteiger charge is -2.32. The number of benzene rings is 1. The molecule has 0 amide bonds. The van der Waals surface area contributed by atoms with Crippen LogP contribution in [0.1, 0.15) is 18.9 Å². The monoisotopic (exact) mass is 398 g/mol. The largest absolute Gasteiger partial charge is 0.462 e. The first kappa shape index (κ1) is 18.5. The zero-order chi connectivity index (χ0) is 19.4. The van der Waals surface area contributed by atoms with E-state index in [9.17, 15) is 0 Å². The first-order valence-electron chi connectivity index (χ1n) is 8.92. The van der Waals surface area contributed by atoms with Crippen LogP contribution in [0, 0.1) is 0 Å². The predicted molar refractivity (Wildman–Crippen MR) is 107 cm³/mol. The normalized spacial score (nSPS) is 15.4. The molecule has 1 atom stereocenters. The number of aromatic nitrogens is 4. The molecule has 0 radical (unpaired) electrons. The minimum Gasteiger partial charge on any atom is -0.462 e. The summed E-state index contributed by atoms with van der Waals surface area (Å²) in [5.41, 5.74) is 7.26. The van der Waals surface area contributed by atoms with E-state index < -0.39 is 5.54 Å². The number of nitrogens with zero attached hydrogens (tertiary/aromatic N) is 5. The molecule has 2 aromatic heterocycles. The molecule has 1 aliphatic heterocycles. The second kappa shape index (κ2) is 7.99. The molecule has 1 aliphatic rings. The van der Waals surface area contributed by atoms with E-state index in [1.807, 2.05) is 31.3 Å². The summed E-state index contributed by atoms with van der Waals surface area (Å²) in [6.45, 7) is 3.53. The third-order valence-corrected chi connectivity index (χ3v) is 5.05. The van der Waals surface area contributed by atoms with E-state index in [2.05, 4.69) is 26.4 Å². The molecule has 0 spiro atoms. The molecule has 1 aromatic carbocycles. The summed E-state index contributed by atoms with van der Waals surface area (Å²) >= 11 is 1.35. The Morgan fingerprint density at radius 3 is 2.89 bits per heavy atom. The highest BCUT2D eigenvalue weighted by atomic mass is 32.1. The van der Waals surface area contributed by atoms with Gasteiger partial charge >= 0.3 is 0 Å². The van der Waals surface area contributed by atoms with Crippen molar-refractivity contribution in [2.75, 3.05) is 18.2 Å². The van der Waals surface area contributed by atoms with Crippen LogP contribution in [0.3, 0.4) is 0 Å². The molecule has 0 bridgehead atoms. The number of hydrogen-bond acceptors (Lipinski definition) is 8. The summed E-state index contributed by atoms with van der Waals surface area (Å²) in [6, 6.07) is 10.2. The standard InChI is InChI=1S/C19H22N6O2S/c1-19(20,9-16-11-26-14-27-16)12-25(10-15-5-3-2-4-6-15)18-22-17(23-28-18)24-8-7-21-13-24/h2-8,11,13H,9-10,12,14,20H2,1H3. The fourth-order valence-corrected chi connectivity index (χ4v) is 3.73. The van der Waals surface area contributed by atoms with Crippen LogP contribution in [0.4, 0.5) is 5.13 Å². The Kier molecular flexibility index (Phi) is 5.27. The van der Waals surface area contributed by atoms with Crippen molar-refractivity contribution in [3.8, 4) is 5.95 Å². The van der Waals surface area contributed by atoms with Crippen molar-refractivity contribution < 1.29 is 9.47 Å². The van der Waals surface area contributed by atoms with Gasteiger partial charge in [-0.3, -0.25) is 4.57 Å². The van der Waals surface area contributed by atoms with Gasteiger partial charge in [-0.15, -0.1) is 0 Å². The number of anilines is 1. The summed E-state index contributed by atoms with van der Waals surface area (Å²) in [5.74, 6) is 1.37. The van der Waals surface area contributed by atoms with Crippen molar-refractivity contribution >= 4 is 16.7 Å². The predicted octanol–water partition coefficient (Wildman–Crippen LogP) is 2.68. The molecule has 0 fully saturated rings. The molecule has 28 heavy (non-hydrogen) atoms. The van der Waals surface area contributed by atoms with Gasteiger partial charge < -0.3 is 20.1 Å². The SMILES string of the molecule is CC(N)(CC1=COCO1)CN(Cc1ccccc1)c1nc(-n2ccnc2)ns1. The molecular weight excluding hydrogens is 376 g/mol. The van der Waals surface area contributed by atoms with Gasteiger partial charge in [-0.05, 0) is 12.5 Å². The van der Waals surface area contributed by atoms with Crippen LogP contribution in [0.2, 0.25) is 0 Å². The average Bonchev–Trinajstić information content (AvgIpc) is 3.43. The molecule has 3 aromatic rings. The van der Waals surface area contributed by atoms with Crippen molar-refractivity contribution in [2.45, 2.75) is 25.4 Å². The zero-order valence-corrected chi connectivity index (χ0v) is 16.4. The first-order valence-corrected chi connectivity index (χ1v) is 9.70. The molecule has 4 rings (SSSR count). The van der Waals surface area contributed by atoms with Crippen molar-refractivity contribution in [1.29, 1.82) is 0 Å². The second-order valence-electron chi connectivity index (χ2n) is 7.03. The second-order valence-corrected chi connectivity index (χ2v) is 7.76. The topological polar surface area (TPSA) is 91.3 Å². The number of nitrogens with two attached hydrogens (primary N) is 1. The van der Waals surface area contributed by atoms with E-state index in [0.29, 0.717) is 25.5 Å². The van der Waals surface area contributed by atoms with Crippen LogP contribution in [-0.4, -0.2) is 37.8 Å². The highest BCUT2D eigenvalue weighted by Gasteiger charge is 2.28. The van der Waals surface area contributed by atoms with Crippen molar-refractivity contribution in [1.82, 2.24) is 18.9 Å². The molecule has 9 heteroatoms. The van der Waals surface area contributed by atoms with Crippen LogP contribution >= 0.6 is 11.5 Å². The maximum absolute atomic E-state index is 6.61. The quantitative estimate of drug-likeness (QED) is 0.624. The summed E-state index contributed by atoms with van der Waals surface area (Å²) < 4.78 is 16.9. The maximum Gasteiger partial charge on any atom is 0.248 e. The average molecular weight is 398 g/mol. The fourth-order valence-electron chi connectivity index (χ4n) is 3.07. The molecule has 1 unspecified atom stereocenters. The van der Waals surface area contributed by atoms with Crippen LogP contribution in [0.25, 0.3) is 5.95 Å². The Bertz CT molecular complexity index is 923. The van der Waals surface area contributed by atoms with Gasteiger partial charge in [0.25, 0.3) is 0 Å². The van der Waals surface area contributed by atoms with E-state index in [-0.39, 0.29) is 6.79 Å². The molecule has 0 aliphatic carbocycles. The van der Waals surface area contributed by atoms with E-state index in [4.69, 9.17) is 20.2 Å². The summed E-state index contributed by atoms with van der Waals surface area (Å²) in [6.07, 6.45) is 7.42. The third kappa shape index (κ3) is 4.49. The minimum absolute atomic E-state index is 0.254. The summed E-state index contributed by atoms with van der Waals surface area (Å²) in [4.78, 5) is 10.9. The Labute approximate surface area is 167 Å². The van der Waals surface area contributed by atoms with Crippen molar-refractivity contribution in [3.63, 3.8) is 0 Å². The van der Waals surface area contributed by atoms with Crippen LogP contribution in [0.15, 0.2) is 61.1 Å². The summed E-state index contributed by atoms with van der Waals surface area (Å²) in [7, 11) is 0. The zero-order valence-electron chi connectivity index (χ0n) is 15.6. The van der Waals surface area contributed by atoms with Crippen molar-refractivity contribution in [2.24, 2.45) is 5.73 Å². The number of hydrogen-bond donors (Lipinski definition) is 1. The molecule has 0 saturated carbocycles. The first-order chi connectivity index (χ1) is 13.6. The van der Waals surface area contributed by atoms with Crippen LogP contribution in [0.5, 0.6) is 0 Å². The van der Waals surface area contributed by atoms with Gasteiger partial charge in [-0.25, -0.2) is 4.98 Å². The Morgan fingerprint density at radius 2 is 2.18 bits per heavy atom. The highest BCUT2D eigenvalue weighted by molar-refractivity contribution is 7.09. The molecule has 146 valence electrons. The van der Waals surface area contributed by atoms with E-state index >= 15 is 0 Å². The van der Waals surface area contributed by atoms with Crippen LogP contribution < -0.4 is 10.6 Å². The van der Waals surface area contributed by atoms with Gasteiger partial charge in [0.2, 0.25) is 17.9 Å². The van der Waals surface area contributed by atoms with Gasteiger partial charge in [0.15, 0.2) is 0 Å². The van der Waals surface area contributed by atoms with Gasteiger partial charge in [0.1, 0.15) is 18.3 Å². The highest BCUT2D eigenvalue weighted by Crippen LogP contribution is 2.26. The molecule has 0 saturated heterocycles. The lowest BCUT2D eigenvalue weighted by molar-refractivity contribution is 0.0751. The molecule has 8 nitrogen and oxygen atoms in total. The fraction of sp³-hybridized carbons (Fsp3) is 0.316. The number of rotatable bonds is 8. The third-order valence-electron chi connectivity index (χ3n) is 4.28. The lowest BCUT2D eigenvalue weighted by atomic mass is 9.97. The lowest BCUT2D eigenvalue weighted by Crippen LogP contribution is -2.48.